The van der Waals surface area contributed by atoms with Crippen LogP contribution in [0, 0.1) is 5.41 Å². The van der Waals surface area contributed by atoms with Gasteiger partial charge in [-0.15, -0.1) is 0 Å². The third kappa shape index (κ3) is 4.58. The van der Waals surface area contributed by atoms with Crippen LogP contribution in [-0.2, 0) is 14.5 Å². The molecule has 0 aliphatic heterocycles. The number of aliphatic imine (C=N–C) groups is 1. The Hall–Kier alpha value is -0.610. The van der Waals surface area contributed by atoms with Gasteiger partial charge in [-0.3, -0.25) is 0 Å². The van der Waals surface area contributed by atoms with Gasteiger partial charge in [-0.05, 0) is 12.3 Å². The smallest absolute Gasteiger partial charge is 0.215 e. The molecule has 0 amide bonds. The minimum atomic E-state index is 0.0308. The van der Waals surface area contributed by atoms with Crippen LogP contribution in [0.1, 0.15) is 27.7 Å². The maximum absolute atomic E-state index is 5.26. The van der Waals surface area contributed by atoms with Crippen molar-refractivity contribution in [3.8, 4) is 0 Å². The second-order valence-electron chi connectivity index (χ2n) is 4.27. The van der Waals surface area contributed by atoms with Crippen LogP contribution >= 0.6 is 0 Å². The van der Waals surface area contributed by atoms with Gasteiger partial charge in [-0.1, -0.05) is 20.8 Å². The Morgan fingerprint density at radius 3 is 2.14 bits per heavy atom. The Bertz CT molecular complexity index is 175. The summed E-state index contributed by atoms with van der Waals surface area (Å²) in [5.41, 5.74) is 0.0308. The Kier molecular flexibility index (Phi) is 5.72. The fourth-order valence-corrected chi connectivity index (χ4v) is 1.31. The number of nitrogens with zero attached hydrogens (tertiary/aromatic N) is 1. The Labute approximate surface area is 86.2 Å². The molecule has 0 aromatic rings. The number of hydrogen-bond acceptors (Lipinski definition) is 4. The molecule has 0 aliphatic rings. The predicted molar refractivity (Wildman–Crippen MR) is 56.3 cm³/mol. The van der Waals surface area contributed by atoms with Crippen LogP contribution in [0.4, 0.5) is 0 Å². The largest absolute Gasteiger partial charge is 0.379 e. The molecule has 0 heterocycles. The minimum absolute atomic E-state index is 0.0308. The van der Waals surface area contributed by atoms with Crippen molar-refractivity contribution in [2.24, 2.45) is 10.4 Å². The number of rotatable bonds is 5. The van der Waals surface area contributed by atoms with Crippen LogP contribution in [0.25, 0.3) is 0 Å². The summed E-state index contributed by atoms with van der Waals surface area (Å²) in [5.74, 6) is 0. The zero-order chi connectivity index (χ0) is 11.2. The summed E-state index contributed by atoms with van der Waals surface area (Å²) >= 11 is 0. The molecule has 14 heavy (non-hydrogen) atoms. The van der Waals surface area contributed by atoms with Crippen LogP contribution in [0.2, 0.25) is 0 Å². The van der Waals surface area contributed by atoms with E-state index >= 15 is 0 Å². The molecule has 0 aliphatic carbocycles. The highest BCUT2D eigenvalue weighted by atomic mass is 17.2. The number of hydrogen-bond donors (Lipinski definition) is 0. The highest BCUT2D eigenvalue weighted by Gasteiger charge is 2.29. The first-order chi connectivity index (χ1) is 6.43. The van der Waals surface area contributed by atoms with E-state index in [0.717, 1.165) is 0 Å². The lowest BCUT2D eigenvalue weighted by Crippen LogP contribution is -2.35. The summed E-state index contributed by atoms with van der Waals surface area (Å²) in [6.45, 7) is 8.31. The van der Waals surface area contributed by atoms with E-state index < -0.39 is 0 Å². The average Bonchev–Trinajstić information content (AvgIpc) is 2.09. The second-order valence-corrected chi connectivity index (χ2v) is 4.27. The standard InChI is InChI=1S/C10H21NO3/c1-8(12-5)9(10(2,3)4)11-7-14-13-6/h7-9H,1-6H3/b11-7+/t8?,9-/m0/s1. The van der Waals surface area contributed by atoms with Crippen molar-refractivity contribution in [2.75, 3.05) is 14.2 Å². The Balaban J connectivity index is 4.41. The van der Waals surface area contributed by atoms with E-state index in [9.17, 15) is 0 Å². The van der Waals surface area contributed by atoms with Crippen molar-refractivity contribution in [3.05, 3.63) is 0 Å². The molecular weight excluding hydrogens is 182 g/mol. The van der Waals surface area contributed by atoms with E-state index in [0.29, 0.717) is 0 Å². The van der Waals surface area contributed by atoms with Gasteiger partial charge in [0.2, 0.25) is 6.40 Å². The monoisotopic (exact) mass is 203 g/mol. The molecule has 0 N–H and O–H groups in total. The fraction of sp³-hybridized carbons (Fsp3) is 0.900. The fourth-order valence-electron chi connectivity index (χ4n) is 1.31. The lowest BCUT2D eigenvalue weighted by atomic mass is 9.84. The van der Waals surface area contributed by atoms with Crippen LogP contribution in [0.5, 0.6) is 0 Å². The number of methoxy groups -OCH3 is 1. The highest BCUT2D eigenvalue weighted by Crippen LogP contribution is 2.25. The Morgan fingerprint density at radius 1 is 1.21 bits per heavy atom. The molecular formula is C10H21NO3. The molecule has 0 saturated carbocycles. The Morgan fingerprint density at radius 2 is 1.79 bits per heavy atom. The van der Waals surface area contributed by atoms with Crippen LogP contribution < -0.4 is 0 Å². The molecule has 0 spiro atoms. The van der Waals surface area contributed by atoms with Gasteiger partial charge in [0.1, 0.15) is 0 Å². The lowest BCUT2D eigenvalue weighted by Gasteiger charge is -2.30. The van der Waals surface area contributed by atoms with Crippen molar-refractivity contribution < 1.29 is 14.5 Å². The summed E-state index contributed by atoms with van der Waals surface area (Å²) in [6, 6.07) is 0.0441. The quantitative estimate of drug-likeness (QED) is 0.297. The summed E-state index contributed by atoms with van der Waals surface area (Å²) in [5, 5.41) is 0. The third-order valence-corrected chi connectivity index (χ3v) is 2.06. The zero-order valence-corrected chi connectivity index (χ0v) is 9.90. The molecule has 0 saturated heterocycles. The van der Waals surface area contributed by atoms with Gasteiger partial charge in [0.15, 0.2) is 0 Å². The second kappa shape index (κ2) is 5.98. The van der Waals surface area contributed by atoms with Crippen molar-refractivity contribution >= 4 is 6.40 Å². The summed E-state index contributed by atoms with van der Waals surface area (Å²) in [6.07, 6.45) is 1.36. The van der Waals surface area contributed by atoms with E-state index in [4.69, 9.17) is 4.74 Å². The molecule has 0 radical (unpaired) electrons. The van der Waals surface area contributed by atoms with Gasteiger partial charge in [-0.25, -0.2) is 4.99 Å². The molecule has 4 heteroatoms. The van der Waals surface area contributed by atoms with Crippen molar-refractivity contribution in [2.45, 2.75) is 39.8 Å². The predicted octanol–water partition coefficient (Wildman–Crippen LogP) is 2.04. The molecule has 0 bridgehead atoms. The topological polar surface area (TPSA) is 40.0 Å². The maximum atomic E-state index is 5.26. The molecule has 0 aromatic carbocycles. The normalized spacial score (nSPS) is 17.0. The zero-order valence-electron chi connectivity index (χ0n) is 9.90. The molecule has 0 fully saturated rings. The molecule has 0 aromatic heterocycles. The van der Waals surface area contributed by atoms with Gasteiger partial charge in [0.25, 0.3) is 0 Å². The highest BCUT2D eigenvalue weighted by molar-refractivity contribution is 5.46. The average molecular weight is 203 g/mol. The maximum Gasteiger partial charge on any atom is 0.215 e. The van der Waals surface area contributed by atoms with Crippen LogP contribution in [-0.4, -0.2) is 32.8 Å². The molecule has 0 rings (SSSR count). The van der Waals surface area contributed by atoms with Crippen LogP contribution in [0.15, 0.2) is 4.99 Å². The van der Waals surface area contributed by atoms with Crippen molar-refractivity contribution in [1.82, 2.24) is 0 Å². The first kappa shape index (κ1) is 13.4. The third-order valence-electron chi connectivity index (χ3n) is 2.06. The van der Waals surface area contributed by atoms with Gasteiger partial charge < -0.3 is 9.62 Å². The van der Waals surface area contributed by atoms with Gasteiger partial charge in [0.05, 0.1) is 19.3 Å². The van der Waals surface area contributed by atoms with E-state index in [1.165, 1.54) is 13.5 Å². The lowest BCUT2D eigenvalue weighted by molar-refractivity contribution is -0.188. The van der Waals surface area contributed by atoms with Crippen molar-refractivity contribution in [3.63, 3.8) is 0 Å². The summed E-state index contributed by atoms with van der Waals surface area (Å²) in [7, 11) is 3.12. The van der Waals surface area contributed by atoms with E-state index in [-0.39, 0.29) is 17.6 Å². The SMILES string of the molecule is COO/C=N/[C@@H](C(C)OC)C(C)(C)C. The summed E-state index contributed by atoms with van der Waals surface area (Å²) in [4.78, 5) is 13.3. The molecule has 1 unspecified atom stereocenters. The van der Waals surface area contributed by atoms with Crippen LogP contribution in [0.3, 0.4) is 0 Å². The molecule has 84 valence electrons. The summed E-state index contributed by atoms with van der Waals surface area (Å²) < 4.78 is 5.26. The van der Waals surface area contributed by atoms with E-state index in [1.54, 1.807) is 7.11 Å². The van der Waals surface area contributed by atoms with Gasteiger partial charge in [0, 0.05) is 7.11 Å². The van der Waals surface area contributed by atoms with Crippen molar-refractivity contribution in [1.29, 1.82) is 0 Å². The van der Waals surface area contributed by atoms with E-state index in [2.05, 4.69) is 35.5 Å². The minimum Gasteiger partial charge on any atom is -0.379 e. The van der Waals surface area contributed by atoms with Gasteiger partial charge >= 0.3 is 0 Å². The van der Waals surface area contributed by atoms with Gasteiger partial charge in [-0.2, -0.15) is 4.89 Å². The first-order valence-electron chi connectivity index (χ1n) is 4.67. The first-order valence-corrected chi connectivity index (χ1v) is 4.67. The molecule has 4 nitrogen and oxygen atoms in total. The van der Waals surface area contributed by atoms with E-state index in [1.807, 2.05) is 6.92 Å². The molecule has 2 atom stereocenters. The number of ether oxygens (including phenoxy) is 1.